The molecule has 0 saturated carbocycles. The fourth-order valence-electron chi connectivity index (χ4n) is 4.17. The fourth-order valence-corrected chi connectivity index (χ4v) is 4.17. The molecule has 0 N–H and O–H groups in total. The van der Waals surface area contributed by atoms with Gasteiger partial charge in [-0.3, -0.25) is 9.59 Å². The van der Waals surface area contributed by atoms with E-state index in [-0.39, 0.29) is 23.8 Å². The molecule has 2 aromatic rings. The van der Waals surface area contributed by atoms with Crippen molar-refractivity contribution in [3.05, 3.63) is 53.6 Å². The van der Waals surface area contributed by atoms with Crippen LogP contribution >= 0.6 is 0 Å². The summed E-state index contributed by atoms with van der Waals surface area (Å²) in [7, 11) is 1.70. The molecule has 138 valence electrons. The summed E-state index contributed by atoms with van der Waals surface area (Å²) < 4.78 is 11.3. The van der Waals surface area contributed by atoms with Crippen molar-refractivity contribution < 1.29 is 19.1 Å². The van der Waals surface area contributed by atoms with Gasteiger partial charge in [-0.2, -0.15) is 0 Å². The Morgan fingerprint density at radius 3 is 2.74 bits per heavy atom. The van der Waals surface area contributed by atoms with Crippen molar-refractivity contribution >= 4 is 17.5 Å². The minimum atomic E-state index is -0.118. The van der Waals surface area contributed by atoms with Crippen LogP contribution in [0.5, 0.6) is 11.5 Å². The third-order valence-electron chi connectivity index (χ3n) is 5.70. The van der Waals surface area contributed by atoms with Crippen LogP contribution < -0.4 is 14.4 Å². The first-order valence-corrected chi connectivity index (χ1v) is 9.08. The molecule has 0 aliphatic carbocycles. The van der Waals surface area contributed by atoms with Gasteiger partial charge in [-0.1, -0.05) is 18.2 Å². The zero-order valence-electron chi connectivity index (χ0n) is 15.1. The molecule has 0 unspecified atom stereocenters. The predicted molar refractivity (Wildman–Crippen MR) is 99.3 cm³/mol. The van der Waals surface area contributed by atoms with Crippen molar-refractivity contribution in [3.8, 4) is 11.5 Å². The quantitative estimate of drug-likeness (QED) is 0.778. The minimum Gasteiger partial charge on any atom is -0.493 e. The largest absolute Gasteiger partial charge is 0.493 e. The molecule has 0 aromatic heterocycles. The summed E-state index contributed by atoms with van der Waals surface area (Å²) in [6, 6.07) is 13.4. The van der Waals surface area contributed by atoms with Gasteiger partial charge in [0.05, 0.1) is 12.3 Å². The van der Waals surface area contributed by atoms with Crippen LogP contribution in [0.15, 0.2) is 42.5 Å². The van der Waals surface area contributed by atoms with Gasteiger partial charge in [0.1, 0.15) is 11.5 Å². The van der Waals surface area contributed by atoms with Crippen molar-refractivity contribution in [1.82, 2.24) is 4.90 Å². The number of hydrogen-bond donors (Lipinski definition) is 0. The monoisotopic (exact) mass is 364 g/mol. The first-order valence-electron chi connectivity index (χ1n) is 9.08. The van der Waals surface area contributed by atoms with Gasteiger partial charge in [-0.05, 0) is 36.2 Å². The molecule has 0 atom stereocenters. The van der Waals surface area contributed by atoms with Crippen molar-refractivity contribution in [1.29, 1.82) is 0 Å². The highest BCUT2D eigenvalue weighted by Gasteiger charge is 2.48. The normalized spacial score (nSPS) is 19.5. The van der Waals surface area contributed by atoms with Gasteiger partial charge >= 0.3 is 0 Å². The number of benzene rings is 2. The molecule has 1 fully saturated rings. The Morgan fingerprint density at radius 2 is 1.89 bits per heavy atom. The van der Waals surface area contributed by atoms with Gasteiger partial charge in [0.15, 0.2) is 6.61 Å². The lowest BCUT2D eigenvalue weighted by Crippen LogP contribution is -2.62. The van der Waals surface area contributed by atoms with Gasteiger partial charge in [0.2, 0.25) is 0 Å². The summed E-state index contributed by atoms with van der Waals surface area (Å²) in [6.45, 7) is 2.04. The van der Waals surface area contributed by atoms with Gasteiger partial charge < -0.3 is 19.3 Å². The van der Waals surface area contributed by atoms with Gasteiger partial charge in [0, 0.05) is 31.1 Å². The molecular weight excluding hydrogens is 344 g/mol. The highest BCUT2D eigenvalue weighted by Crippen LogP contribution is 2.42. The number of carbonyl (C=O) groups excluding carboxylic acids is 2. The van der Waals surface area contributed by atoms with E-state index in [2.05, 4.69) is 6.07 Å². The Kier molecular flexibility index (Phi) is 3.44. The first-order chi connectivity index (χ1) is 13.0. The van der Waals surface area contributed by atoms with E-state index in [1.54, 1.807) is 30.1 Å². The third kappa shape index (κ3) is 2.55. The summed E-state index contributed by atoms with van der Waals surface area (Å²) in [6.07, 6.45) is 0.933. The molecule has 3 heterocycles. The van der Waals surface area contributed by atoms with Crippen LogP contribution in [-0.4, -0.2) is 50.1 Å². The number of para-hydroxylation sites is 1. The Labute approximate surface area is 157 Å². The highest BCUT2D eigenvalue weighted by molar-refractivity contribution is 6.01. The zero-order valence-corrected chi connectivity index (χ0v) is 15.1. The van der Waals surface area contributed by atoms with Crippen molar-refractivity contribution in [2.75, 3.05) is 38.3 Å². The molecule has 0 bridgehead atoms. The number of nitrogens with zero attached hydrogens (tertiary/aromatic N) is 2. The van der Waals surface area contributed by atoms with E-state index in [1.165, 1.54) is 5.56 Å². The number of fused-ring (bicyclic) bond motifs is 2. The molecule has 1 saturated heterocycles. The molecule has 6 heteroatoms. The van der Waals surface area contributed by atoms with Gasteiger partial charge in [0.25, 0.3) is 11.8 Å². The van der Waals surface area contributed by atoms with Crippen molar-refractivity contribution in [3.63, 3.8) is 0 Å². The second-order valence-electron chi connectivity index (χ2n) is 7.66. The number of amides is 2. The van der Waals surface area contributed by atoms with E-state index in [9.17, 15) is 9.59 Å². The van der Waals surface area contributed by atoms with E-state index >= 15 is 0 Å². The third-order valence-corrected chi connectivity index (χ3v) is 5.70. The number of hydrogen-bond acceptors (Lipinski definition) is 4. The highest BCUT2D eigenvalue weighted by atomic mass is 16.5. The number of carbonyl (C=O) groups is 2. The molecule has 0 radical (unpaired) electrons. The Balaban J connectivity index is 1.32. The van der Waals surface area contributed by atoms with Crippen LogP contribution in [0.2, 0.25) is 0 Å². The van der Waals surface area contributed by atoms with Gasteiger partial charge in [-0.15, -0.1) is 0 Å². The summed E-state index contributed by atoms with van der Waals surface area (Å²) in [5, 5.41) is 0. The van der Waals surface area contributed by atoms with E-state index < -0.39 is 0 Å². The Bertz CT molecular complexity index is 949. The first kappa shape index (κ1) is 16.2. The standard InChI is InChI=1S/C21H20N2O4/c1-22-16-8-14(6-7-18(16)26-10-19(22)24)20(25)23-11-21(12-23)9-15-4-2-3-5-17(15)27-13-21/h2-8H,9-13H2,1H3. The van der Waals surface area contributed by atoms with Crippen LogP contribution in [0.25, 0.3) is 0 Å². The SMILES string of the molecule is CN1C(=O)COc2ccc(C(=O)N3CC4(COc5ccccc5C4)C3)cc21. The van der Waals surface area contributed by atoms with E-state index in [1.807, 2.05) is 23.1 Å². The van der Waals surface area contributed by atoms with Crippen molar-refractivity contribution in [2.24, 2.45) is 5.41 Å². The van der Waals surface area contributed by atoms with Gasteiger partial charge in [-0.25, -0.2) is 0 Å². The Hall–Kier alpha value is -3.02. The molecule has 1 spiro atoms. The number of rotatable bonds is 1. The maximum absolute atomic E-state index is 12.9. The maximum atomic E-state index is 12.9. The predicted octanol–water partition coefficient (Wildman–Crippen LogP) is 2.12. The summed E-state index contributed by atoms with van der Waals surface area (Å²) in [5.41, 5.74) is 2.43. The average Bonchev–Trinajstić information content (AvgIpc) is 2.68. The molecular formula is C21H20N2O4. The van der Waals surface area contributed by atoms with E-state index in [0.717, 1.165) is 12.2 Å². The average molecular weight is 364 g/mol. The maximum Gasteiger partial charge on any atom is 0.264 e. The molecule has 3 aliphatic rings. The smallest absolute Gasteiger partial charge is 0.264 e. The lowest BCUT2D eigenvalue weighted by molar-refractivity contribution is -0.120. The van der Waals surface area contributed by atoms with Crippen molar-refractivity contribution in [2.45, 2.75) is 6.42 Å². The van der Waals surface area contributed by atoms with E-state index in [0.29, 0.717) is 36.7 Å². The molecule has 6 nitrogen and oxygen atoms in total. The molecule has 2 amide bonds. The van der Waals surface area contributed by atoms with Crippen LogP contribution in [0, 0.1) is 5.41 Å². The Morgan fingerprint density at radius 1 is 1.07 bits per heavy atom. The molecule has 2 aromatic carbocycles. The summed E-state index contributed by atoms with van der Waals surface area (Å²) >= 11 is 0. The fraction of sp³-hybridized carbons (Fsp3) is 0.333. The molecule has 27 heavy (non-hydrogen) atoms. The van der Waals surface area contributed by atoms with E-state index in [4.69, 9.17) is 9.47 Å². The lowest BCUT2D eigenvalue weighted by Gasteiger charge is -2.51. The lowest BCUT2D eigenvalue weighted by atomic mass is 9.73. The number of ether oxygens (including phenoxy) is 2. The zero-order chi connectivity index (χ0) is 18.6. The van der Waals surface area contributed by atoms with Crippen LogP contribution in [0.4, 0.5) is 5.69 Å². The second-order valence-corrected chi connectivity index (χ2v) is 7.66. The number of likely N-dealkylation sites (N-methyl/N-ethyl adjacent to an activating group) is 1. The molecule has 5 rings (SSSR count). The van der Waals surface area contributed by atoms with Crippen LogP contribution in [-0.2, 0) is 11.2 Å². The summed E-state index contributed by atoms with van der Waals surface area (Å²) in [4.78, 5) is 28.1. The topological polar surface area (TPSA) is 59.1 Å². The van der Waals surface area contributed by atoms with Crippen LogP contribution in [0.1, 0.15) is 15.9 Å². The van der Waals surface area contributed by atoms with Crippen LogP contribution in [0.3, 0.4) is 0 Å². The minimum absolute atomic E-state index is 0.00803. The molecule has 3 aliphatic heterocycles. The summed E-state index contributed by atoms with van der Waals surface area (Å²) in [5.74, 6) is 1.45. The second kappa shape index (κ2) is 5.74. The number of anilines is 1. The number of likely N-dealkylation sites (tertiary alicyclic amines) is 1.